The first kappa shape index (κ1) is 10.6. The fraction of sp³-hybridized carbons (Fsp3) is 0.889. The van der Waals surface area contributed by atoms with Gasteiger partial charge in [0.25, 0.3) is 0 Å². The van der Waals surface area contributed by atoms with Gasteiger partial charge in [0.1, 0.15) is 4.20 Å². The highest BCUT2D eigenvalue weighted by molar-refractivity contribution is 8.21. The summed E-state index contributed by atoms with van der Waals surface area (Å²) in [5, 5.41) is 0. The number of esters is 1. The molecule has 2 heterocycles. The van der Waals surface area contributed by atoms with Crippen LogP contribution in [0.3, 0.4) is 0 Å². The molecule has 1 atom stereocenters. The van der Waals surface area contributed by atoms with Gasteiger partial charge in [0.05, 0.1) is 13.0 Å². The van der Waals surface area contributed by atoms with Gasteiger partial charge in [-0.2, -0.15) is 0 Å². The molecule has 0 bridgehead atoms. The molecule has 0 aliphatic carbocycles. The summed E-state index contributed by atoms with van der Waals surface area (Å²) < 4.78 is 4.97. The molecule has 1 unspecified atom stereocenters. The molecule has 2 aliphatic rings. The maximum Gasteiger partial charge on any atom is 0.310 e. The van der Waals surface area contributed by atoms with Crippen molar-refractivity contribution in [1.29, 1.82) is 0 Å². The van der Waals surface area contributed by atoms with Crippen LogP contribution < -0.4 is 0 Å². The van der Waals surface area contributed by atoms with Crippen LogP contribution >= 0.6 is 23.5 Å². The lowest BCUT2D eigenvalue weighted by Crippen LogP contribution is -2.32. The van der Waals surface area contributed by atoms with E-state index in [-0.39, 0.29) is 16.1 Å². The summed E-state index contributed by atoms with van der Waals surface area (Å²) in [6.07, 6.45) is 0.936. The second kappa shape index (κ2) is 3.94. The number of rotatable bonds is 1. The van der Waals surface area contributed by atoms with E-state index in [4.69, 9.17) is 4.74 Å². The second-order valence-electron chi connectivity index (χ2n) is 3.71. The number of carbonyl (C=O) groups is 1. The lowest BCUT2D eigenvalue weighted by Gasteiger charge is -2.29. The molecule has 14 heavy (non-hydrogen) atoms. The largest absolute Gasteiger partial charge is 0.469 e. The molecule has 0 aromatic rings. The first-order valence-corrected chi connectivity index (χ1v) is 6.72. The Morgan fingerprint density at radius 2 is 2.14 bits per heavy atom. The molecule has 0 N–H and O–H groups in total. The van der Waals surface area contributed by atoms with Gasteiger partial charge in [0.15, 0.2) is 0 Å². The molecule has 0 aromatic heterocycles. The monoisotopic (exact) mass is 233 g/mol. The van der Waals surface area contributed by atoms with Gasteiger partial charge in [0.2, 0.25) is 0 Å². The predicted molar refractivity (Wildman–Crippen MR) is 60.4 cm³/mol. The Kier molecular flexibility index (Phi) is 3.00. The van der Waals surface area contributed by atoms with E-state index in [9.17, 15) is 4.79 Å². The van der Waals surface area contributed by atoms with Crippen LogP contribution in [0.25, 0.3) is 0 Å². The van der Waals surface area contributed by atoms with Crippen LogP contribution in [0.15, 0.2) is 0 Å². The normalized spacial score (nSPS) is 31.1. The van der Waals surface area contributed by atoms with Crippen LogP contribution in [-0.2, 0) is 9.53 Å². The number of nitrogens with zero attached hydrogens (tertiary/aromatic N) is 1. The van der Waals surface area contributed by atoms with Gasteiger partial charge in [-0.3, -0.25) is 9.69 Å². The van der Waals surface area contributed by atoms with Crippen molar-refractivity contribution in [2.24, 2.45) is 5.92 Å². The molecule has 2 aliphatic heterocycles. The summed E-state index contributed by atoms with van der Waals surface area (Å²) in [5.41, 5.74) is 0. The molecule has 0 aromatic carbocycles. The Bertz CT molecular complexity index is 241. The fourth-order valence-corrected chi connectivity index (χ4v) is 5.47. The van der Waals surface area contributed by atoms with Gasteiger partial charge in [-0.05, 0) is 13.5 Å². The SMILES string of the molecule is COC(=O)C1CN(C)C2(C1)SCCS2. The van der Waals surface area contributed by atoms with E-state index in [1.165, 1.54) is 18.6 Å². The third kappa shape index (κ3) is 1.66. The molecule has 0 saturated carbocycles. The Balaban J connectivity index is 2.06. The molecule has 0 amide bonds. The van der Waals surface area contributed by atoms with E-state index < -0.39 is 0 Å². The van der Waals surface area contributed by atoms with Crippen LogP contribution in [-0.4, -0.2) is 47.3 Å². The van der Waals surface area contributed by atoms with E-state index in [0.717, 1.165) is 13.0 Å². The Hall–Kier alpha value is 0.130. The van der Waals surface area contributed by atoms with Crippen molar-refractivity contribution in [2.45, 2.75) is 10.6 Å². The average Bonchev–Trinajstić information content (AvgIpc) is 2.76. The van der Waals surface area contributed by atoms with Gasteiger partial charge < -0.3 is 4.74 Å². The predicted octanol–water partition coefficient (Wildman–Crippen LogP) is 1.24. The van der Waals surface area contributed by atoms with Gasteiger partial charge in [-0.15, -0.1) is 23.5 Å². The highest BCUT2D eigenvalue weighted by Gasteiger charge is 2.49. The van der Waals surface area contributed by atoms with E-state index in [2.05, 4.69) is 11.9 Å². The number of likely N-dealkylation sites (tertiary alicyclic amines) is 1. The van der Waals surface area contributed by atoms with Crippen LogP contribution in [0.1, 0.15) is 6.42 Å². The molecular weight excluding hydrogens is 218 g/mol. The van der Waals surface area contributed by atoms with Crippen molar-refractivity contribution >= 4 is 29.5 Å². The minimum atomic E-state index is -0.0539. The average molecular weight is 233 g/mol. The molecule has 80 valence electrons. The quantitative estimate of drug-likeness (QED) is 0.636. The minimum Gasteiger partial charge on any atom is -0.469 e. The molecular formula is C9H15NO2S2. The maximum atomic E-state index is 11.4. The highest BCUT2D eigenvalue weighted by Crippen LogP contribution is 2.53. The Morgan fingerprint density at radius 1 is 1.50 bits per heavy atom. The molecule has 2 saturated heterocycles. The number of methoxy groups -OCH3 is 1. The summed E-state index contributed by atoms with van der Waals surface area (Å²) >= 11 is 3.95. The summed E-state index contributed by atoms with van der Waals surface area (Å²) in [5.74, 6) is 2.41. The van der Waals surface area contributed by atoms with E-state index in [0.29, 0.717) is 0 Å². The molecule has 2 rings (SSSR count). The minimum absolute atomic E-state index is 0.0539. The highest BCUT2D eigenvalue weighted by atomic mass is 32.2. The lowest BCUT2D eigenvalue weighted by atomic mass is 10.1. The Morgan fingerprint density at radius 3 is 2.71 bits per heavy atom. The van der Waals surface area contributed by atoms with Crippen molar-refractivity contribution in [3.63, 3.8) is 0 Å². The summed E-state index contributed by atoms with van der Waals surface area (Å²) in [7, 11) is 3.58. The van der Waals surface area contributed by atoms with Crippen LogP contribution in [0.2, 0.25) is 0 Å². The first-order chi connectivity index (χ1) is 6.68. The van der Waals surface area contributed by atoms with Crippen molar-refractivity contribution in [3.8, 4) is 0 Å². The zero-order valence-corrected chi connectivity index (χ0v) is 10.1. The van der Waals surface area contributed by atoms with Crippen LogP contribution in [0.5, 0.6) is 0 Å². The summed E-state index contributed by atoms with van der Waals surface area (Å²) in [6, 6.07) is 0. The van der Waals surface area contributed by atoms with Gasteiger partial charge in [0, 0.05) is 18.1 Å². The molecule has 2 fully saturated rings. The topological polar surface area (TPSA) is 29.5 Å². The van der Waals surface area contributed by atoms with Crippen molar-refractivity contribution in [1.82, 2.24) is 4.90 Å². The number of carbonyl (C=O) groups excluding carboxylic acids is 1. The van der Waals surface area contributed by atoms with E-state index >= 15 is 0 Å². The smallest absolute Gasteiger partial charge is 0.310 e. The number of hydrogen-bond acceptors (Lipinski definition) is 5. The van der Waals surface area contributed by atoms with Gasteiger partial charge in [-0.25, -0.2) is 0 Å². The molecule has 0 radical (unpaired) electrons. The second-order valence-corrected chi connectivity index (χ2v) is 6.72. The van der Waals surface area contributed by atoms with Gasteiger partial charge in [-0.1, -0.05) is 0 Å². The van der Waals surface area contributed by atoms with Crippen molar-refractivity contribution in [2.75, 3.05) is 32.2 Å². The third-order valence-electron chi connectivity index (χ3n) is 2.85. The molecule has 3 nitrogen and oxygen atoms in total. The first-order valence-electron chi connectivity index (χ1n) is 4.75. The number of thioether (sulfide) groups is 2. The maximum absolute atomic E-state index is 11.4. The van der Waals surface area contributed by atoms with Crippen molar-refractivity contribution < 1.29 is 9.53 Å². The molecule has 1 spiro atoms. The zero-order chi connectivity index (χ0) is 10.2. The third-order valence-corrected chi connectivity index (χ3v) is 6.49. The summed E-state index contributed by atoms with van der Waals surface area (Å²) in [4.78, 5) is 13.7. The van der Waals surface area contributed by atoms with Gasteiger partial charge >= 0.3 is 5.97 Å². The van der Waals surface area contributed by atoms with E-state index in [1.54, 1.807) is 0 Å². The van der Waals surface area contributed by atoms with Crippen LogP contribution in [0, 0.1) is 5.92 Å². The fourth-order valence-electron chi connectivity index (χ4n) is 2.11. The zero-order valence-electron chi connectivity index (χ0n) is 8.49. The lowest BCUT2D eigenvalue weighted by molar-refractivity contribution is -0.144. The number of ether oxygens (including phenoxy) is 1. The van der Waals surface area contributed by atoms with Crippen LogP contribution in [0.4, 0.5) is 0 Å². The van der Waals surface area contributed by atoms with Crippen molar-refractivity contribution in [3.05, 3.63) is 0 Å². The van der Waals surface area contributed by atoms with E-state index in [1.807, 2.05) is 23.5 Å². The Labute approximate surface area is 92.9 Å². The number of hydrogen-bond donors (Lipinski definition) is 0. The standard InChI is InChI=1S/C9H15NO2S2/c1-10-6-7(8(11)12-2)5-9(10)13-3-4-14-9/h7H,3-6H2,1-2H3. The summed E-state index contributed by atoms with van der Waals surface area (Å²) in [6.45, 7) is 0.840. The molecule has 5 heteroatoms.